The number of Topliss-reactive ketones (excluding diaryl/α,β-unsaturated/α-hetero) is 1. The van der Waals surface area contributed by atoms with Crippen LogP contribution in [0.2, 0.25) is 0 Å². The second kappa shape index (κ2) is 7.08. The molecule has 0 N–H and O–H groups in total. The molecule has 31 heavy (non-hydrogen) atoms. The van der Waals surface area contributed by atoms with Gasteiger partial charge in [0.05, 0.1) is 31.0 Å². The summed E-state index contributed by atoms with van der Waals surface area (Å²) >= 11 is 0. The van der Waals surface area contributed by atoms with Crippen molar-refractivity contribution < 1.29 is 27.1 Å². The highest BCUT2D eigenvalue weighted by molar-refractivity contribution is 5.97. The molecular formula is C19H20F3N5O4. The van der Waals surface area contributed by atoms with Gasteiger partial charge < -0.3 is 19.0 Å². The maximum Gasteiger partial charge on any atom is 0.408 e. The highest BCUT2D eigenvalue weighted by Gasteiger charge is 2.48. The zero-order valence-electron chi connectivity index (χ0n) is 16.6. The van der Waals surface area contributed by atoms with Crippen molar-refractivity contribution in [2.75, 3.05) is 29.5 Å². The number of rotatable bonds is 4. The summed E-state index contributed by atoms with van der Waals surface area (Å²) in [5, 5.41) is 0. The van der Waals surface area contributed by atoms with Crippen molar-refractivity contribution >= 4 is 17.5 Å². The molecule has 2 bridgehead atoms. The molecular weight excluding hydrogens is 419 g/mol. The maximum absolute atomic E-state index is 13.9. The fourth-order valence-corrected chi connectivity index (χ4v) is 4.60. The summed E-state index contributed by atoms with van der Waals surface area (Å²) in [5.41, 5.74) is -0.157. The minimum absolute atomic E-state index is 0.0284. The summed E-state index contributed by atoms with van der Waals surface area (Å²) in [4.78, 5) is 36.5. The van der Waals surface area contributed by atoms with E-state index in [0.717, 1.165) is 17.7 Å². The molecule has 5 rings (SSSR count). The average molecular weight is 439 g/mol. The monoisotopic (exact) mass is 439 g/mol. The van der Waals surface area contributed by atoms with E-state index in [4.69, 9.17) is 9.15 Å². The van der Waals surface area contributed by atoms with Crippen molar-refractivity contribution in [3.63, 3.8) is 0 Å². The molecule has 3 atom stereocenters. The van der Waals surface area contributed by atoms with E-state index in [0.29, 0.717) is 19.0 Å². The average Bonchev–Trinajstić information content (AvgIpc) is 3.44. The van der Waals surface area contributed by atoms with Crippen LogP contribution < -0.4 is 15.4 Å². The summed E-state index contributed by atoms with van der Waals surface area (Å²) < 4.78 is 53.4. The third kappa shape index (κ3) is 3.38. The van der Waals surface area contributed by atoms with E-state index >= 15 is 0 Å². The number of nitrogens with zero attached hydrogens (tertiary/aromatic N) is 5. The normalized spacial score (nSPS) is 25.2. The van der Waals surface area contributed by atoms with Crippen LogP contribution in [0.5, 0.6) is 0 Å². The minimum Gasteiger partial charge on any atom is -0.440 e. The Kier molecular flexibility index (Phi) is 4.57. The van der Waals surface area contributed by atoms with Gasteiger partial charge >= 0.3 is 6.18 Å². The summed E-state index contributed by atoms with van der Waals surface area (Å²) in [6.45, 7) is 1.79. The van der Waals surface area contributed by atoms with Crippen LogP contribution in [0.25, 0.3) is 0 Å². The van der Waals surface area contributed by atoms with Gasteiger partial charge in [-0.2, -0.15) is 18.2 Å². The summed E-state index contributed by atoms with van der Waals surface area (Å²) in [5.74, 6) is -0.620. The molecule has 9 nitrogen and oxygen atoms in total. The number of hydrogen-bond acceptors (Lipinski definition) is 8. The molecule has 3 aliphatic heterocycles. The lowest BCUT2D eigenvalue weighted by Gasteiger charge is -2.39. The lowest BCUT2D eigenvalue weighted by atomic mass is 10.1. The molecule has 5 heterocycles. The Balaban J connectivity index is 1.55. The number of aromatic nitrogens is 3. The third-order valence-electron chi connectivity index (χ3n) is 6.12. The van der Waals surface area contributed by atoms with Crippen LogP contribution in [-0.4, -0.2) is 64.4 Å². The molecule has 12 heteroatoms. The molecule has 166 valence electrons. The number of alkyl halides is 3. The van der Waals surface area contributed by atoms with Crippen molar-refractivity contribution in [2.45, 2.75) is 50.7 Å². The molecule has 2 aromatic heterocycles. The molecule has 0 amide bonds. The van der Waals surface area contributed by atoms with Gasteiger partial charge in [0, 0.05) is 19.2 Å². The molecule has 2 aromatic rings. The van der Waals surface area contributed by atoms with Gasteiger partial charge in [-0.15, -0.1) is 0 Å². The SMILES string of the molecule is Cc1ncoc1C(=O)CN1c2nc(N3C[C@H]4C[C@H]3CO4)cc(=O)n2CC[C@H]1C(F)(F)F. The number of ketones is 1. The van der Waals surface area contributed by atoms with E-state index in [-0.39, 0.29) is 42.5 Å². The predicted octanol–water partition coefficient (Wildman–Crippen LogP) is 1.54. The molecule has 0 aromatic carbocycles. The van der Waals surface area contributed by atoms with Gasteiger partial charge in [-0.3, -0.25) is 14.2 Å². The number of hydrogen-bond donors (Lipinski definition) is 0. The first kappa shape index (κ1) is 20.0. The van der Waals surface area contributed by atoms with Crippen LogP contribution in [0, 0.1) is 6.92 Å². The molecule has 2 fully saturated rings. The molecule has 2 saturated heterocycles. The van der Waals surface area contributed by atoms with E-state index in [1.54, 1.807) is 0 Å². The van der Waals surface area contributed by atoms with Crippen molar-refractivity contribution in [3.05, 3.63) is 34.3 Å². The standard InChI is InChI=1S/C19H20F3N5O4/c1-10-17(31-9-23-10)13(28)7-27-14(19(20,21)22)2-3-25-16(29)5-15(24-18(25)27)26-6-12-4-11(26)8-30-12/h5,9,11-12,14H,2-4,6-8H2,1H3/t11-,12+,14-/m0/s1. The number of ether oxygens (including phenoxy) is 1. The fourth-order valence-electron chi connectivity index (χ4n) is 4.60. The zero-order valence-corrected chi connectivity index (χ0v) is 16.6. The summed E-state index contributed by atoms with van der Waals surface area (Å²) in [6, 6.07) is -0.562. The Labute approximate surface area is 174 Å². The predicted molar refractivity (Wildman–Crippen MR) is 101 cm³/mol. The van der Waals surface area contributed by atoms with Gasteiger partial charge in [0.25, 0.3) is 5.56 Å². The Bertz CT molecular complexity index is 1080. The van der Waals surface area contributed by atoms with E-state index in [1.165, 1.54) is 17.6 Å². The lowest BCUT2D eigenvalue weighted by Crippen LogP contribution is -2.54. The van der Waals surface area contributed by atoms with Crippen LogP contribution in [0.4, 0.5) is 24.9 Å². The summed E-state index contributed by atoms with van der Waals surface area (Å²) in [7, 11) is 0. The van der Waals surface area contributed by atoms with Crippen LogP contribution in [0.15, 0.2) is 21.7 Å². The second-order valence-electron chi connectivity index (χ2n) is 8.07. The number of aryl methyl sites for hydroxylation is 1. The Morgan fingerprint density at radius 2 is 2.16 bits per heavy atom. The van der Waals surface area contributed by atoms with E-state index in [2.05, 4.69) is 9.97 Å². The molecule has 0 aliphatic carbocycles. The number of fused-ring (bicyclic) bond motifs is 3. The first-order chi connectivity index (χ1) is 14.7. The minimum atomic E-state index is -4.60. The molecule has 0 spiro atoms. The van der Waals surface area contributed by atoms with Gasteiger partial charge in [0.1, 0.15) is 11.9 Å². The fraction of sp³-hybridized carbons (Fsp3) is 0.579. The number of oxazole rings is 1. The van der Waals surface area contributed by atoms with Crippen molar-refractivity contribution in [2.24, 2.45) is 0 Å². The van der Waals surface area contributed by atoms with Crippen LogP contribution in [0.3, 0.4) is 0 Å². The third-order valence-corrected chi connectivity index (χ3v) is 6.12. The Morgan fingerprint density at radius 3 is 2.77 bits per heavy atom. The van der Waals surface area contributed by atoms with Crippen LogP contribution >= 0.6 is 0 Å². The lowest BCUT2D eigenvalue weighted by molar-refractivity contribution is -0.152. The first-order valence-electron chi connectivity index (χ1n) is 9.99. The number of halogens is 3. The number of carbonyl (C=O) groups excluding carboxylic acids is 1. The molecule has 0 unspecified atom stereocenters. The van der Waals surface area contributed by atoms with Crippen molar-refractivity contribution in [1.29, 1.82) is 0 Å². The van der Waals surface area contributed by atoms with Crippen LogP contribution in [0.1, 0.15) is 29.1 Å². The highest BCUT2D eigenvalue weighted by atomic mass is 19.4. The van der Waals surface area contributed by atoms with Gasteiger partial charge in [0.15, 0.2) is 12.2 Å². The van der Waals surface area contributed by atoms with E-state index in [1.807, 2.05) is 4.90 Å². The van der Waals surface area contributed by atoms with Crippen LogP contribution in [-0.2, 0) is 11.3 Å². The highest BCUT2D eigenvalue weighted by Crippen LogP contribution is 2.36. The van der Waals surface area contributed by atoms with E-state index in [9.17, 15) is 22.8 Å². The van der Waals surface area contributed by atoms with Gasteiger partial charge in [-0.1, -0.05) is 0 Å². The first-order valence-corrected chi connectivity index (χ1v) is 9.99. The van der Waals surface area contributed by atoms with Gasteiger partial charge in [0.2, 0.25) is 11.7 Å². The smallest absolute Gasteiger partial charge is 0.408 e. The van der Waals surface area contributed by atoms with E-state index < -0.39 is 30.1 Å². The molecule has 0 radical (unpaired) electrons. The summed E-state index contributed by atoms with van der Waals surface area (Å²) in [6.07, 6.45) is -3.07. The van der Waals surface area contributed by atoms with Gasteiger partial charge in [-0.25, -0.2) is 4.98 Å². The largest absolute Gasteiger partial charge is 0.440 e. The zero-order chi connectivity index (χ0) is 21.9. The number of carbonyl (C=O) groups is 1. The maximum atomic E-state index is 13.9. The Morgan fingerprint density at radius 1 is 1.35 bits per heavy atom. The number of morpholine rings is 1. The number of anilines is 2. The Hall–Kier alpha value is -2.89. The topological polar surface area (TPSA) is 93.7 Å². The van der Waals surface area contributed by atoms with Crippen molar-refractivity contribution in [1.82, 2.24) is 14.5 Å². The quantitative estimate of drug-likeness (QED) is 0.663. The van der Waals surface area contributed by atoms with Crippen molar-refractivity contribution in [3.8, 4) is 0 Å². The molecule has 0 saturated carbocycles. The van der Waals surface area contributed by atoms with Gasteiger partial charge in [-0.05, 0) is 19.8 Å². The second-order valence-corrected chi connectivity index (χ2v) is 8.07. The molecule has 3 aliphatic rings.